The van der Waals surface area contributed by atoms with Crippen LogP contribution in [0.4, 0.5) is 11.6 Å². The van der Waals surface area contributed by atoms with Gasteiger partial charge in [0.2, 0.25) is 5.95 Å². The van der Waals surface area contributed by atoms with Gasteiger partial charge in [-0.15, -0.1) is 0 Å². The Labute approximate surface area is 149 Å². The van der Waals surface area contributed by atoms with E-state index >= 15 is 0 Å². The quantitative estimate of drug-likeness (QED) is 0.845. The zero-order valence-corrected chi connectivity index (χ0v) is 15.6. The summed E-state index contributed by atoms with van der Waals surface area (Å²) in [5.41, 5.74) is 2.50. The third-order valence-electron chi connectivity index (χ3n) is 3.76. The molecule has 0 fully saturated rings. The van der Waals surface area contributed by atoms with Crippen LogP contribution in [0, 0.1) is 0 Å². The van der Waals surface area contributed by atoms with E-state index in [2.05, 4.69) is 46.3 Å². The van der Waals surface area contributed by atoms with E-state index in [9.17, 15) is 4.79 Å². The smallest absolute Gasteiger partial charge is 0.258 e. The first-order chi connectivity index (χ1) is 11.8. The number of nitrogens with zero attached hydrogens (tertiary/aromatic N) is 3. The molecule has 0 spiro atoms. The van der Waals surface area contributed by atoms with Gasteiger partial charge in [-0.2, -0.15) is 0 Å². The minimum absolute atomic E-state index is 0.0891. The lowest BCUT2D eigenvalue weighted by molar-refractivity contribution is 0.102. The number of amides is 1. The standard InChI is InChI=1S/C19H27N5O/c1-19(2,3)15-6-8-16(9-7-15)23-17(25)14-12-21-18(22-13-14)20-10-11-24(4)5/h6-9,12-13H,10-11H2,1-5H3,(H,23,25)(H,20,21,22). The normalized spacial score (nSPS) is 11.4. The summed E-state index contributed by atoms with van der Waals surface area (Å²) in [6, 6.07) is 7.89. The average molecular weight is 341 g/mol. The Morgan fingerprint density at radius 1 is 1.08 bits per heavy atom. The van der Waals surface area contributed by atoms with Crippen molar-refractivity contribution in [3.63, 3.8) is 0 Å². The number of hydrogen-bond donors (Lipinski definition) is 2. The fourth-order valence-corrected chi connectivity index (χ4v) is 2.18. The van der Waals surface area contributed by atoms with Crippen LogP contribution in [0.25, 0.3) is 0 Å². The van der Waals surface area contributed by atoms with Gasteiger partial charge in [0.15, 0.2) is 0 Å². The number of likely N-dealkylation sites (N-methyl/N-ethyl adjacent to an activating group) is 1. The largest absolute Gasteiger partial charge is 0.353 e. The molecule has 6 heteroatoms. The number of nitrogens with one attached hydrogen (secondary N) is 2. The minimum Gasteiger partial charge on any atom is -0.353 e. The lowest BCUT2D eigenvalue weighted by Gasteiger charge is -2.19. The summed E-state index contributed by atoms with van der Waals surface area (Å²) in [5, 5.41) is 5.98. The fraction of sp³-hybridized carbons (Fsp3) is 0.421. The Hall–Kier alpha value is -2.47. The van der Waals surface area contributed by atoms with E-state index in [-0.39, 0.29) is 11.3 Å². The Morgan fingerprint density at radius 2 is 1.68 bits per heavy atom. The second kappa shape index (κ2) is 8.07. The van der Waals surface area contributed by atoms with E-state index in [4.69, 9.17) is 0 Å². The Balaban J connectivity index is 1.94. The fourth-order valence-electron chi connectivity index (χ4n) is 2.18. The van der Waals surface area contributed by atoms with Gasteiger partial charge in [0, 0.05) is 31.2 Å². The molecule has 0 bridgehead atoms. The zero-order valence-electron chi connectivity index (χ0n) is 15.6. The van der Waals surface area contributed by atoms with Crippen molar-refractivity contribution >= 4 is 17.5 Å². The van der Waals surface area contributed by atoms with Gasteiger partial charge in [-0.05, 0) is 37.2 Å². The van der Waals surface area contributed by atoms with E-state index in [1.807, 2.05) is 38.4 Å². The third-order valence-corrected chi connectivity index (χ3v) is 3.76. The van der Waals surface area contributed by atoms with E-state index in [0.29, 0.717) is 11.5 Å². The van der Waals surface area contributed by atoms with Gasteiger partial charge in [-0.3, -0.25) is 4.79 Å². The van der Waals surface area contributed by atoms with Crippen LogP contribution in [0.1, 0.15) is 36.7 Å². The van der Waals surface area contributed by atoms with Crippen LogP contribution in [0.3, 0.4) is 0 Å². The third kappa shape index (κ3) is 5.83. The van der Waals surface area contributed by atoms with Crippen LogP contribution in [-0.2, 0) is 5.41 Å². The number of hydrogen-bond acceptors (Lipinski definition) is 5. The summed E-state index contributed by atoms with van der Waals surface area (Å²) in [5.74, 6) is 0.302. The molecule has 2 aromatic rings. The molecule has 2 N–H and O–H groups in total. The lowest BCUT2D eigenvalue weighted by Crippen LogP contribution is -2.21. The number of carbonyl (C=O) groups is 1. The molecular formula is C19H27N5O. The van der Waals surface area contributed by atoms with Crippen molar-refractivity contribution in [2.45, 2.75) is 26.2 Å². The average Bonchev–Trinajstić information content (AvgIpc) is 2.55. The van der Waals surface area contributed by atoms with Gasteiger partial charge in [0.25, 0.3) is 5.91 Å². The molecule has 2 rings (SSSR count). The van der Waals surface area contributed by atoms with Crippen LogP contribution < -0.4 is 10.6 Å². The molecule has 0 unspecified atom stereocenters. The number of aromatic nitrogens is 2. The predicted octanol–water partition coefficient (Wildman–Crippen LogP) is 3.00. The van der Waals surface area contributed by atoms with Crippen molar-refractivity contribution < 1.29 is 4.79 Å². The molecule has 1 amide bonds. The maximum absolute atomic E-state index is 12.3. The van der Waals surface area contributed by atoms with Gasteiger partial charge in [-0.1, -0.05) is 32.9 Å². The number of benzene rings is 1. The lowest BCUT2D eigenvalue weighted by atomic mass is 9.87. The predicted molar refractivity (Wildman–Crippen MR) is 102 cm³/mol. The molecule has 25 heavy (non-hydrogen) atoms. The van der Waals surface area contributed by atoms with Gasteiger partial charge in [-0.25, -0.2) is 9.97 Å². The molecule has 0 atom stereocenters. The molecule has 134 valence electrons. The molecule has 0 aliphatic carbocycles. The van der Waals surface area contributed by atoms with Crippen LogP contribution >= 0.6 is 0 Å². The first-order valence-corrected chi connectivity index (χ1v) is 8.38. The number of anilines is 2. The molecule has 0 saturated heterocycles. The topological polar surface area (TPSA) is 70.2 Å². The molecule has 1 aromatic carbocycles. The molecular weight excluding hydrogens is 314 g/mol. The summed E-state index contributed by atoms with van der Waals surface area (Å²) in [4.78, 5) is 22.7. The van der Waals surface area contributed by atoms with E-state index in [0.717, 1.165) is 18.8 Å². The summed E-state index contributed by atoms with van der Waals surface area (Å²) >= 11 is 0. The van der Waals surface area contributed by atoms with Gasteiger partial charge in [0.1, 0.15) is 0 Å². The maximum atomic E-state index is 12.3. The first kappa shape index (κ1) is 18.9. The number of rotatable bonds is 6. The second-order valence-corrected chi connectivity index (χ2v) is 7.31. The van der Waals surface area contributed by atoms with Crippen LogP contribution in [-0.4, -0.2) is 48.0 Å². The summed E-state index contributed by atoms with van der Waals surface area (Å²) in [7, 11) is 4.01. The first-order valence-electron chi connectivity index (χ1n) is 8.38. The van der Waals surface area contributed by atoms with Gasteiger partial charge in [0.05, 0.1) is 5.56 Å². The number of carbonyl (C=O) groups excluding carboxylic acids is 1. The SMILES string of the molecule is CN(C)CCNc1ncc(C(=O)Nc2ccc(C(C)(C)C)cc2)cn1. The monoisotopic (exact) mass is 341 g/mol. The molecule has 1 heterocycles. The highest BCUT2D eigenvalue weighted by Gasteiger charge is 2.13. The highest BCUT2D eigenvalue weighted by Crippen LogP contribution is 2.23. The second-order valence-electron chi connectivity index (χ2n) is 7.31. The van der Waals surface area contributed by atoms with Gasteiger partial charge < -0.3 is 15.5 Å². The van der Waals surface area contributed by atoms with Crippen molar-refractivity contribution in [2.75, 3.05) is 37.8 Å². The van der Waals surface area contributed by atoms with Crippen molar-refractivity contribution in [2.24, 2.45) is 0 Å². The van der Waals surface area contributed by atoms with Crippen LogP contribution in [0.2, 0.25) is 0 Å². The van der Waals surface area contributed by atoms with Crippen LogP contribution in [0.15, 0.2) is 36.7 Å². The zero-order chi connectivity index (χ0) is 18.4. The van der Waals surface area contributed by atoms with Gasteiger partial charge >= 0.3 is 0 Å². The molecule has 0 saturated carbocycles. The summed E-state index contributed by atoms with van der Waals surface area (Å²) in [6.45, 7) is 8.11. The molecule has 0 aliphatic heterocycles. The highest BCUT2D eigenvalue weighted by molar-refractivity contribution is 6.03. The van der Waals surface area contributed by atoms with Crippen molar-refractivity contribution in [3.05, 3.63) is 47.8 Å². The summed E-state index contributed by atoms with van der Waals surface area (Å²) < 4.78 is 0. The minimum atomic E-state index is -0.219. The molecule has 0 radical (unpaired) electrons. The Morgan fingerprint density at radius 3 is 2.20 bits per heavy atom. The van der Waals surface area contributed by atoms with E-state index in [1.54, 1.807) is 0 Å². The Kier molecular flexibility index (Phi) is 6.09. The maximum Gasteiger partial charge on any atom is 0.258 e. The van der Waals surface area contributed by atoms with E-state index in [1.165, 1.54) is 18.0 Å². The van der Waals surface area contributed by atoms with Crippen LogP contribution in [0.5, 0.6) is 0 Å². The molecule has 1 aromatic heterocycles. The molecule has 6 nitrogen and oxygen atoms in total. The van der Waals surface area contributed by atoms with E-state index < -0.39 is 0 Å². The van der Waals surface area contributed by atoms with Crippen molar-refractivity contribution in [3.8, 4) is 0 Å². The van der Waals surface area contributed by atoms with Crippen molar-refractivity contribution in [1.29, 1.82) is 0 Å². The summed E-state index contributed by atoms with van der Waals surface area (Å²) in [6.07, 6.45) is 3.06. The Bertz CT molecular complexity index is 687. The molecule has 0 aliphatic rings. The highest BCUT2D eigenvalue weighted by atomic mass is 16.1. The van der Waals surface area contributed by atoms with Crippen molar-refractivity contribution in [1.82, 2.24) is 14.9 Å².